The summed E-state index contributed by atoms with van der Waals surface area (Å²) in [5.74, 6) is 0.229. The Hall–Kier alpha value is -0.790. The molecule has 1 unspecified atom stereocenters. The highest BCUT2D eigenvalue weighted by atomic mass is 16.5. The third-order valence-electron chi connectivity index (χ3n) is 1.35. The first kappa shape index (κ1) is 10.2. The van der Waals surface area contributed by atoms with Gasteiger partial charge in [-0.1, -0.05) is 19.1 Å². The van der Waals surface area contributed by atoms with Gasteiger partial charge in [0, 0.05) is 6.92 Å². The van der Waals surface area contributed by atoms with Gasteiger partial charge in [0.2, 0.25) is 0 Å². The summed E-state index contributed by atoms with van der Waals surface area (Å²) in [4.78, 5) is 10.4. The molecule has 0 heterocycles. The van der Waals surface area contributed by atoms with Crippen LogP contribution >= 0.6 is 0 Å². The number of hydrogen-bond acceptors (Lipinski definition) is 2. The Morgan fingerprint density at radius 3 is 2.73 bits per heavy atom. The fraction of sp³-hybridized carbons (Fsp3) is 0.667. The minimum absolute atomic E-state index is 0.197. The molecule has 0 fully saturated rings. The highest BCUT2D eigenvalue weighted by Crippen LogP contribution is 2.02. The topological polar surface area (TPSA) is 26.3 Å². The van der Waals surface area contributed by atoms with Crippen LogP contribution in [-0.2, 0) is 9.53 Å². The van der Waals surface area contributed by atoms with Gasteiger partial charge in [-0.05, 0) is 19.3 Å². The summed E-state index contributed by atoms with van der Waals surface area (Å²) < 4.78 is 4.83. The van der Waals surface area contributed by atoms with Gasteiger partial charge in [0.05, 0.1) is 6.61 Å². The van der Waals surface area contributed by atoms with Crippen LogP contribution < -0.4 is 0 Å². The van der Waals surface area contributed by atoms with E-state index in [-0.39, 0.29) is 5.97 Å². The normalized spacial score (nSPS) is 13.4. The first-order chi connectivity index (χ1) is 5.16. The van der Waals surface area contributed by atoms with E-state index in [9.17, 15) is 4.79 Å². The maximum Gasteiger partial charge on any atom is 0.302 e. The summed E-state index contributed by atoms with van der Waals surface area (Å²) >= 11 is 0. The van der Waals surface area contributed by atoms with Crippen LogP contribution in [0, 0.1) is 5.92 Å². The van der Waals surface area contributed by atoms with Crippen molar-refractivity contribution in [3.05, 3.63) is 12.2 Å². The summed E-state index contributed by atoms with van der Waals surface area (Å²) in [6.07, 6.45) is 5.06. The van der Waals surface area contributed by atoms with Crippen molar-refractivity contribution >= 4 is 5.97 Å². The van der Waals surface area contributed by atoms with Crippen LogP contribution in [0.1, 0.15) is 27.2 Å². The molecule has 0 radical (unpaired) electrons. The van der Waals surface area contributed by atoms with Crippen LogP contribution in [0.5, 0.6) is 0 Å². The quantitative estimate of drug-likeness (QED) is 0.460. The third-order valence-corrected chi connectivity index (χ3v) is 1.35. The summed E-state index contributed by atoms with van der Waals surface area (Å²) in [5.41, 5.74) is 0. The van der Waals surface area contributed by atoms with Crippen molar-refractivity contribution in [3.8, 4) is 0 Å². The minimum Gasteiger partial charge on any atom is -0.466 e. The molecule has 0 amide bonds. The first-order valence-electron chi connectivity index (χ1n) is 3.91. The molecule has 1 atom stereocenters. The molecule has 0 saturated heterocycles. The lowest BCUT2D eigenvalue weighted by Crippen LogP contribution is -2.08. The van der Waals surface area contributed by atoms with Gasteiger partial charge in [0.15, 0.2) is 0 Å². The molecular weight excluding hydrogens is 140 g/mol. The smallest absolute Gasteiger partial charge is 0.302 e. The predicted octanol–water partition coefficient (Wildman–Crippen LogP) is 2.15. The highest BCUT2D eigenvalue weighted by molar-refractivity contribution is 5.65. The molecular formula is C9H16O2. The van der Waals surface area contributed by atoms with E-state index in [2.05, 4.69) is 13.0 Å². The number of rotatable bonds is 4. The number of carbonyl (C=O) groups excluding carboxylic acids is 1. The Balaban J connectivity index is 3.36. The lowest BCUT2D eigenvalue weighted by atomic mass is 10.1. The molecule has 0 aliphatic rings. The van der Waals surface area contributed by atoms with Crippen LogP contribution in [0.3, 0.4) is 0 Å². The maximum absolute atomic E-state index is 10.4. The van der Waals surface area contributed by atoms with E-state index in [0.29, 0.717) is 12.5 Å². The highest BCUT2D eigenvalue weighted by Gasteiger charge is 2.00. The Labute approximate surface area is 68.2 Å². The number of carbonyl (C=O) groups is 1. The molecule has 0 aliphatic carbocycles. The first-order valence-corrected chi connectivity index (χ1v) is 3.91. The van der Waals surface area contributed by atoms with Crippen LogP contribution in [0.4, 0.5) is 0 Å². The van der Waals surface area contributed by atoms with Gasteiger partial charge in [-0.2, -0.15) is 0 Å². The molecule has 0 bridgehead atoms. The number of allylic oxidation sites excluding steroid dienone is 2. The largest absolute Gasteiger partial charge is 0.466 e. The van der Waals surface area contributed by atoms with E-state index in [0.717, 1.165) is 6.42 Å². The van der Waals surface area contributed by atoms with Gasteiger partial charge in [0.25, 0.3) is 0 Å². The Morgan fingerprint density at radius 1 is 1.64 bits per heavy atom. The lowest BCUT2D eigenvalue weighted by molar-refractivity contribution is -0.142. The van der Waals surface area contributed by atoms with E-state index in [1.165, 1.54) is 6.92 Å². The molecule has 0 aliphatic heterocycles. The van der Waals surface area contributed by atoms with Crippen LogP contribution in [0.25, 0.3) is 0 Å². The monoisotopic (exact) mass is 156 g/mol. The molecule has 0 saturated carbocycles. The van der Waals surface area contributed by atoms with Gasteiger partial charge < -0.3 is 4.74 Å². The van der Waals surface area contributed by atoms with Crippen molar-refractivity contribution in [3.63, 3.8) is 0 Å². The van der Waals surface area contributed by atoms with E-state index >= 15 is 0 Å². The fourth-order valence-electron chi connectivity index (χ4n) is 0.696. The zero-order valence-electron chi connectivity index (χ0n) is 7.46. The van der Waals surface area contributed by atoms with Gasteiger partial charge in [-0.3, -0.25) is 4.79 Å². The van der Waals surface area contributed by atoms with Crippen molar-refractivity contribution in [1.82, 2.24) is 0 Å². The van der Waals surface area contributed by atoms with Crippen molar-refractivity contribution in [1.29, 1.82) is 0 Å². The van der Waals surface area contributed by atoms with Crippen LogP contribution in [-0.4, -0.2) is 12.6 Å². The SMILES string of the molecule is C/C=C/CC(C)COC(C)=O. The second-order valence-electron chi connectivity index (χ2n) is 2.71. The second-order valence-corrected chi connectivity index (χ2v) is 2.71. The van der Waals surface area contributed by atoms with E-state index in [1.807, 2.05) is 13.0 Å². The maximum atomic E-state index is 10.4. The van der Waals surface area contributed by atoms with Gasteiger partial charge in [0.1, 0.15) is 0 Å². The molecule has 0 aromatic carbocycles. The molecule has 0 spiro atoms. The molecule has 2 nitrogen and oxygen atoms in total. The average Bonchev–Trinajstić information content (AvgIpc) is 1.97. The Kier molecular flexibility index (Phi) is 5.53. The van der Waals surface area contributed by atoms with E-state index in [1.54, 1.807) is 0 Å². The van der Waals surface area contributed by atoms with Gasteiger partial charge >= 0.3 is 5.97 Å². The summed E-state index contributed by atoms with van der Waals surface area (Å²) in [6.45, 7) is 6.00. The summed E-state index contributed by atoms with van der Waals surface area (Å²) in [5, 5.41) is 0. The fourth-order valence-corrected chi connectivity index (χ4v) is 0.696. The predicted molar refractivity (Wildman–Crippen MR) is 45.2 cm³/mol. The van der Waals surface area contributed by atoms with Crippen molar-refractivity contribution in [2.24, 2.45) is 5.92 Å². The standard InChI is InChI=1S/C9H16O2/c1-4-5-6-8(2)7-11-9(3)10/h4-5,8H,6-7H2,1-3H3/b5-4+. The van der Waals surface area contributed by atoms with Gasteiger partial charge in [-0.15, -0.1) is 0 Å². The third kappa shape index (κ3) is 7.10. The molecule has 2 heteroatoms. The van der Waals surface area contributed by atoms with Crippen molar-refractivity contribution < 1.29 is 9.53 Å². The molecule has 64 valence electrons. The number of esters is 1. The van der Waals surface area contributed by atoms with Crippen molar-refractivity contribution in [2.45, 2.75) is 27.2 Å². The molecule has 0 aromatic heterocycles. The Bertz CT molecular complexity index is 138. The minimum atomic E-state index is -0.197. The van der Waals surface area contributed by atoms with Crippen LogP contribution in [0.15, 0.2) is 12.2 Å². The number of ether oxygens (including phenoxy) is 1. The van der Waals surface area contributed by atoms with Crippen LogP contribution in [0.2, 0.25) is 0 Å². The van der Waals surface area contributed by atoms with Crippen molar-refractivity contribution in [2.75, 3.05) is 6.61 Å². The van der Waals surface area contributed by atoms with E-state index in [4.69, 9.17) is 4.74 Å². The summed E-state index contributed by atoms with van der Waals surface area (Å²) in [7, 11) is 0. The second kappa shape index (κ2) is 5.96. The molecule has 11 heavy (non-hydrogen) atoms. The molecule has 0 aromatic rings. The van der Waals surface area contributed by atoms with Gasteiger partial charge in [-0.25, -0.2) is 0 Å². The lowest BCUT2D eigenvalue weighted by Gasteiger charge is -2.07. The zero-order chi connectivity index (χ0) is 8.69. The Morgan fingerprint density at radius 2 is 2.27 bits per heavy atom. The summed E-state index contributed by atoms with van der Waals surface area (Å²) in [6, 6.07) is 0. The molecule has 0 rings (SSSR count). The number of hydrogen-bond donors (Lipinski definition) is 0. The molecule has 0 N–H and O–H groups in total. The average molecular weight is 156 g/mol. The van der Waals surface area contributed by atoms with E-state index < -0.39 is 0 Å². The zero-order valence-corrected chi connectivity index (χ0v) is 7.46.